The van der Waals surface area contributed by atoms with Crippen LogP contribution in [0, 0.1) is 0 Å². The van der Waals surface area contributed by atoms with Crippen LogP contribution in [0.3, 0.4) is 0 Å². The Morgan fingerprint density at radius 3 is 2.82 bits per heavy atom. The first-order valence-corrected chi connectivity index (χ1v) is 5.14. The lowest BCUT2D eigenvalue weighted by Crippen LogP contribution is -2.35. The molecule has 0 fully saturated rings. The number of hydrogen-bond acceptors (Lipinski definition) is 4. The number of halogens is 2. The van der Waals surface area contributed by atoms with Crippen LogP contribution in [0.25, 0.3) is 10.8 Å². The van der Waals surface area contributed by atoms with Crippen molar-refractivity contribution in [2.45, 2.75) is 5.92 Å². The molecule has 0 radical (unpaired) electrons. The summed E-state index contributed by atoms with van der Waals surface area (Å²) in [6.45, 7) is -1.25. The van der Waals surface area contributed by atoms with Gasteiger partial charge >= 0.3 is 0 Å². The van der Waals surface area contributed by atoms with E-state index in [4.69, 9.17) is 5.73 Å². The Labute approximate surface area is 96.8 Å². The van der Waals surface area contributed by atoms with Crippen LogP contribution in [-0.4, -0.2) is 29.2 Å². The van der Waals surface area contributed by atoms with Gasteiger partial charge in [-0.1, -0.05) is 24.3 Å². The molecular weight excluding hydrogens is 226 g/mol. The molecule has 2 rings (SSSR count). The van der Waals surface area contributed by atoms with E-state index in [9.17, 15) is 8.78 Å². The predicted molar refractivity (Wildman–Crippen MR) is 62.0 cm³/mol. The highest BCUT2D eigenvalue weighted by Gasteiger charge is 2.26. The summed E-state index contributed by atoms with van der Waals surface area (Å²) >= 11 is 0. The van der Waals surface area contributed by atoms with Crippen LogP contribution in [0.15, 0.2) is 30.5 Å². The van der Waals surface area contributed by atoms with E-state index in [1.54, 1.807) is 12.3 Å². The molecule has 0 atom stereocenters. The van der Waals surface area contributed by atoms with Crippen LogP contribution >= 0.6 is 0 Å². The molecule has 0 saturated carbocycles. The molecule has 0 amide bonds. The topological polar surface area (TPSA) is 63.8 Å². The quantitative estimate of drug-likeness (QED) is 0.849. The van der Waals surface area contributed by atoms with Gasteiger partial charge in [-0.25, -0.2) is 8.78 Å². The lowest BCUT2D eigenvalue weighted by atomic mass is 10.2. The fourth-order valence-corrected chi connectivity index (χ4v) is 1.44. The van der Waals surface area contributed by atoms with E-state index in [0.29, 0.717) is 5.82 Å². The number of aromatic nitrogens is 2. The maximum atomic E-state index is 13.0. The summed E-state index contributed by atoms with van der Waals surface area (Å²) in [5.74, 6) is -2.60. The molecule has 0 aliphatic heterocycles. The molecular formula is C11H12F2N4. The van der Waals surface area contributed by atoms with Crippen LogP contribution in [0.1, 0.15) is 0 Å². The highest BCUT2D eigenvalue weighted by atomic mass is 19.3. The predicted octanol–water partition coefficient (Wildman–Crippen LogP) is 1.64. The van der Waals surface area contributed by atoms with Gasteiger partial charge in [0, 0.05) is 10.8 Å². The Morgan fingerprint density at radius 2 is 2.06 bits per heavy atom. The van der Waals surface area contributed by atoms with Crippen molar-refractivity contribution in [3.05, 3.63) is 30.5 Å². The van der Waals surface area contributed by atoms with Gasteiger partial charge in [-0.3, -0.25) is 0 Å². The molecule has 3 N–H and O–H groups in total. The summed E-state index contributed by atoms with van der Waals surface area (Å²) in [5.41, 5.74) is 4.96. The molecule has 4 nitrogen and oxygen atoms in total. The van der Waals surface area contributed by atoms with Crippen LogP contribution in [0.4, 0.5) is 14.6 Å². The van der Waals surface area contributed by atoms with Gasteiger partial charge in [-0.05, 0) is 0 Å². The first kappa shape index (κ1) is 11.7. The molecule has 0 unspecified atom stereocenters. The smallest absolute Gasteiger partial charge is 0.276 e. The summed E-state index contributed by atoms with van der Waals surface area (Å²) in [6.07, 6.45) is 1.58. The molecule has 1 aromatic heterocycles. The van der Waals surface area contributed by atoms with Gasteiger partial charge in [0.2, 0.25) is 0 Å². The molecule has 1 heterocycles. The van der Waals surface area contributed by atoms with Crippen molar-refractivity contribution in [3.8, 4) is 0 Å². The molecule has 2 aromatic rings. The van der Waals surface area contributed by atoms with Crippen molar-refractivity contribution in [1.82, 2.24) is 10.2 Å². The van der Waals surface area contributed by atoms with Crippen molar-refractivity contribution < 1.29 is 8.78 Å². The molecule has 6 heteroatoms. The van der Waals surface area contributed by atoms with E-state index in [1.807, 2.05) is 18.2 Å². The number of nitrogens with zero attached hydrogens (tertiary/aromatic N) is 2. The Hall–Kier alpha value is -1.82. The normalized spacial score (nSPS) is 11.7. The number of fused-ring (bicyclic) bond motifs is 1. The standard InChI is InChI=1S/C11H12F2N4/c12-11(13,6-14)7-15-10-9-4-2-1-3-8(9)5-16-17-10/h1-5H,6-7,14H2,(H,15,17). The van der Waals surface area contributed by atoms with Crippen molar-refractivity contribution >= 4 is 16.6 Å². The number of nitrogens with one attached hydrogen (secondary N) is 1. The minimum atomic E-state index is -2.95. The molecule has 17 heavy (non-hydrogen) atoms. The van der Waals surface area contributed by atoms with E-state index in [0.717, 1.165) is 10.8 Å². The average Bonchev–Trinajstić information content (AvgIpc) is 2.36. The second-order valence-corrected chi connectivity index (χ2v) is 3.69. The van der Waals surface area contributed by atoms with Crippen molar-refractivity contribution in [3.63, 3.8) is 0 Å². The second-order valence-electron chi connectivity index (χ2n) is 3.69. The van der Waals surface area contributed by atoms with E-state index in [-0.39, 0.29) is 0 Å². The first-order valence-electron chi connectivity index (χ1n) is 5.14. The van der Waals surface area contributed by atoms with Gasteiger partial charge in [0.1, 0.15) is 0 Å². The second kappa shape index (κ2) is 4.58. The molecule has 90 valence electrons. The molecule has 0 aliphatic rings. The number of benzene rings is 1. The number of nitrogens with two attached hydrogens (primary N) is 1. The lowest BCUT2D eigenvalue weighted by molar-refractivity contribution is 0.0253. The van der Waals surface area contributed by atoms with Crippen molar-refractivity contribution in [1.29, 1.82) is 0 Å². The van der Waals surface area contributed by atoms with Gasteiger partial charge in [0.05, 0.1) is 19.3 Å². The third-order valence-corrected chi connectivity index (χ3v) is 2.38. The van der Waals surface area contributed by atoms with Crippen LogP contribution in [0.2, 0.25) is 0 Å². The first-order chi connectivity index (χ1) is 8.12. The Kier molecular flexibility index (Phi) is 3.14. The van der Waals surface area contributed by atoms with Crippen LogP contribution in [-0.2, 0) is 0 Å². The average molecular weight is 238 g/mol. The molecule has 0 aliphatic carbocycles. The van der Waals surface area contributed by atoms with Crippen LogP contribution < -0.4 is 11.1 Å². The van der Waals surface area contributed by atoms with E-state index in [1.165, 1.54) is 0 Å². The van der Waals surface area contributed by atoms with Crippen LogP contribution in [0.5, 0.6) is 0 Å². The van der Waals surface area contributed by atoms with Gasteiger partial charge in [-0.15, -0.1) is 5.10 Å². The van der Waals surface area contributed by atoms with Gasteiger partial charge in [-0.2, -0.15) is 5.10 Å². The number of alkyl halides is 2. The Bertz CT molecular complexity index is 510. The highest BCUT2D eigenvalue weighted by Crippen LogP contribution is 2.20. The summed E-state index contributed by atoms with van der Waals surface area (Å²) in [5, 5.41) is 11.7. The number of anilines is 1. The Morgan fingerprint density at radius 1 is 1.29 bits per heavy atom. The SMILES string of the molecule is NCC(F)(F)CNc1nncc2ccccc12. The largest absolute Gasteiger partial charge is 0.362 e. The third kappa shape index (κ3) is 2.65. The zero-order valence-corrected chi connectivity index (χ0v) is 9.03. The van der Waals surface area contributed by atoms with Gasteiger partial charge < -0.3 is 11.1 Å². The minimum absolute atomic E-state index is 0.344. The molecule has 1 aromatic carbocycles. The number of hydrogen-bond donors (Lipinski definition) is 2. The zero-order chi connectivity index (χ0) is 12.3. The third-order valence-electron chi connectivity index (χ3n) is 2.38. The summed E-state index contributed by atoms with van der Waals surface area (Å²) in [7, 11) is 0. The molecule has 0 bridgehead atoms. The zero-order valence-electron chi connectivity index (χ0n) is 9.03. The fourth-order valence-electron chi connectivity index (χ4n) is 1.44. The highest BCUT2D eigenvalue weighted by molar-refractivity contribution is 5.90. The summed E-state index contributed by atoms with van der Waals surface area (Å²) < 4.78 is 26.0. The number of rotatable bonds is 4. The fraction of sp³-hybridized carbons (Fsp3) is 0.273. The van der Waals surface area contributed by atoms with E-state index >= 15 is 0 Å². The lowest BCUT2D eigenvalue weighted by Gasteiger charge is -2.15. The summed E-state index contributed by atoms with van der Waals surface area (Å²) in [4.78, 5) is 0. The van der Waals surface area contributed by atoms with Crippen molar-refractivity contribution in [2.24, 2.45) is 5.73 Å². The van der Waals surface area contributed by atoms with E-state index in [2.05, 4.69) is 15.5 Å². The molecule has 0 spiro atoms. The monoisotopic (exact) mass is 238 g/mol. The maximum absolute atomic E-state index is 13.0. The minimum Gasteiger partial charge on any atom is -0.362 e. The van der Waals surface area contributed by atoms with Crippen molar-refractivity contribution in [2.75, 3.05) is 18.4 Å². The Balaban J connectivity index is 2.24. The molecule has 0 saturated heterocycles. The maximum Gasteiger partial charge on any atom is 0.276 e. The summed E-state index contributed by atoms with van der Waals surface area (Å²) in [6, 6.07) is 7.31. The van der Waals surface area contributed by atoms with Gasteiger partial charge in [0.15, 0.2) is 5.82 Å². The van der Waals surface area contributed by atoms with E-state index < -0.39 is 19.0 Å². The van der Waals surface area contributed by atoms with Gasteiger partial charge in [0.25, 0.3) is 5.92 Å².